The van der Waals surface area contributed by atoms with Crippen LogP contribution in [0.25, 0.3) is 0 Å². The molecule has 1 saturated carbocycles. The number of benzene rings is 1. The Morgan fingerprint density at radius 3 is 2.74 bits per heavy atom. The first-order chi connectivity index (χ1) is 12.9. The Labute approximate surface area is 167 Å². The van der Waals surface area contributed by atoms with Crippen LogP contribution in [0.1, 0.15) is 39.5 Å². The van der Waals surface area contributed by atoms with Crippen molar-refractivity contribution < 1.29 is 4.79 Å². The van der Waals surface area contributed by atoms with Gasteiger partial charge in [-0.05, 0) is 61.1 Å². The topological polar surface area (TPSA) is 44.4 Å². The molecule has 2 atom stereocenters. The van der Waals surface area contributed by atoms with E-state index in [0.29, 0.717) is 10.4 Å². The monoisotopic (exact) mass is 387 g/mol. The summed E-state index contributed by atoms with van der Waals surface area (Å²) >= 11 is 5.97. The van der Waals surface area contributed by atoms with Gasteiger partial charge in [-0.1, -0.05) is 43.2 Å². The molecule has 0 spiro atoms. The van der Waals surface area contributed by atoms with Gasteiger partial charge in [0, 0.05) is 36.4 Å². The fraction of sp³-hybridized carbons (Fsp3) is 0.591. The van der Waals surface area contributed by atoms with Gasteiger partial charge in [0.05, 0.1) is 0 Å². The van der Waals surface area contributed by atoms with Crippen LogP contribution in [0.4, 0.5) is 10.5 Å². The second-order valence-corrected chi connectivity index (χ2v) is 9.42. The Kier molecular flexibility index (Phi) is 5.21. The third kappa shape index (κ3) is 4.02. The van der Waals surface area contributed by atoms with E-state index in [2.05, 4.69) is 35.5 Å². The van der Waals surface area contributed by atoms with Gasteiger partial charge < -0.3 is 10.6 Å². The van der Waals surface area contributed by atoms with E-state index in [4.69, 9.17) is 11.6 Å². The largest absolute Gasteiger partial charge is 0.335 e. The lowest BCUT2D eigenvalue weighted by Gasteiger charge is -2.57. The zero-order chi connectivity index (χ0) is 19.0. The van der Waals surface area contributed by atoms with Crippen molar-refractivity contribution in [1.29, 1.82) is 0 Å². The molecule has 1 saturated heterocycles. The predicted octanol–water partition coefficient (Wildman–Crippen LogP) is 4.92. The summed E-state index contributed by atoms with van der Waals surface area (Å²) < 4.78 is 0. The first-order valence-corrected chi connectivity index (χ1v) is 10.5. The second kappa shape index (κ2) is 7.48. The van der Waals surface area contributed by atoms with Crippen LogP contribution in [0.3, 0.4) is 0 Å². The number of nitrogens with one attached hydrogen (secondary N) is 2. The lowest BCUT2D eigenvalue weighted by Crippen LogP contribution is -2.51. The highest BCUT2D eigenvalue weighted by atomic mass is 35.5. The van der Waals surface area contributed by atoms with Crippen LogP contribution in [0, 0.1) is 17.3 Å². The Hall–Kier alpha value is -1.52. The van der Waals surface area contributed by atoms with Gasteiger partial charge in [-0.15, -0.1) is 0 Å². The number of halogens is 1. The molecule has 1 aromatic rings. The van der Waals surface area contributed by atoms with Crippen LogP contribution in [0.5, 0.6) is 0 Å². The minimum absolute atomic E-state index is 0.145. The van der Waals surface area contributed by atoms with Gasteiger partial charge in [0.2, 0.25) is 0 Å². The molecule has 2 N–H and O–H groups in total. The number of nitrogens with zero attached hydrogens (tertiary/aromatic N) is 1. The van der Waals surface area contributed by atoms with Crippen LogP contribution < -0.4 is 10.6 Å². The molecule has 5 heteroatoms. The lowest BCUT2D eigenvalue weighted by molar-refractivity contribution is -0.0113. The Balaban J connectivity index is 1.22. The third-order valence-corrected chi connectivity index (χ3v) is 7.23. The van der Waals surface area contributed by atoms with Crippen molar-refractivity contribution >= 4 is 23.3 Å². The molecule has 1 aliphatic heterocycles. The van der Waals surface area contributed by atoms with Crippen LogP contribution in [0.2, 0.25) is 5.02 Å². The first-order valence-electron chi connectivity index (χ1n) is 10.2. The van der Waals surface area contributed by atoms with Crippen molar-refractivity contribution in [3.05, 3.63) is 40.9 Å². The number of urea groups is 1. The molecule has 1 heterocycles. The SMILES string of the molecule is CC1(C)[C@H]2CC=C(CN3CCC(NC(=O)Nc4cccc(Cl)c4)CC3)[C@@H]1C2. The van der Waals surface area contributed by atoms with Crippen LogP contribution in [-0.2, 0) is 0 Å². The van der Waals surface area contributed by atoms with Gasteiger partial charge in [-0.3, -0.25) is 4.90 Å². The highest BCUT2D eigenvalue weighted by molar-refractivity contribution is 6.30. The number of fused-ring (bicyclic) bond motifs is 1. The van der Waals surface area contributed by atoms with E-state index in [1.165, 1.54) is 12.8 Å². The summed E-state index contributed by atoms with van der Waals surface area (Å²) in [4.78, 5) is 14.8. The van der Waals surface area contributed by atoms with Crippen LogP contribution in [-0.4, -0.2) is 36.6 Å². The van der Waals surface area contributed by atoms with Crippen molar-refractivity contribution in [2.75, 3.05) is 25.0 Å². The number of allylic oxidation sites excluding steroid dienone is 1. The first kappa shape index (κ1) is 18.8. The molecule has 0 aromatic heterocycles. The molecule has 5 rings (SSSR count). The van der Waals surface area contributed by atoms with Crippen LogP contribution in [0.15, 0.2) is 35.9 Å². The Bertz CT molecular complexity index is 737. The quantitative estimate of drug-likeness (QED) is 0.720. The zero-order valence-electron chi connectivity index (χ0n) is 16.3. The van der Waals surface area contributed by atoms with Crippen molar-refractivity contribution in [1.82, 2.24) is 10.2 Å². The number of hydrogen-bond donors (Lipinski definition) is 2. The molecule has 146 valence electrons. The fourth-order valence-corrected chi connectivity index (χ4v) is 5.26. The van der Waals surface area contributed by atoms with E-state index in [1.54, 1.807) is 17.7 Å². The van der Waals surface area contributed by atoms with Crippen molar-refractivity contribution in [2.45, 2.75) is 45.6 Å². The maximum Gasteiger partial charge on any atom is 0.319 e. The van der Waals surface area contributed by atoms with Gasteiger partial charge in [-0.2, -0.15) is 0 Å². The number of rotatable bonds is 4. The highest BCUT2D eigenvalue weighted by Gasteiger charge is 2.51. The van der Waals surface area contributed by atoms with E-state index in [9.17, 15) is 4.79 Å². The molecule has 0 unspecified atom stereocenters. The number of likely N-dealkylation sites (tertiary alicyclic amines) is 1. The third-order valence-electron chi connectivity index (χ3n) is 6.99. The van der Waals surface area contributed by atoms with Gasteiger partial charge in [-0.25, -0.2) is 4.79 Å². The van der Waals surface area contributed by atoms with Gasteiger partial charge >= 0.3 is 6.03 Å². The van der Waals surface area contributed by atoms with Crippen LogP contribution >= 0.6 is 11.6 Å². The van der Waals surface area contributed by atoms with Crippen molar-refractivity contribution in [3.8, 4) is 0 Å². The standard InChI is InChI=1S/C22H30ClN3O/c1-22(2)16-7-6-15(20(22)12-16)14-26-10-8-18(9-11-26)24-21(27)25-19-5-3-4-17(23)13-19/h3-6,13,16,18,20H,7-12,14H2,1-2H3,(H2,24,25,27)/t16-,20-/m0/s1. The molecule has 2 fully saturated rings. The maximum absolute atomic E-state index is 12.2. The lowest BCUT2D eigenvalue weighted by atomic mass is 9.49. The molecule has 2 bridgehead atoms. The summed E-state index contributed by atoms with van der Waals surface area (Å²) in [6.07, 6.45) is 7.17. The number of amides is 2. The average Bonchev–Trinajstić information content (AvgIpc) is 2.63. The Morgan fingerprint density at radius 2 is 2.07 bits per heavy atom. The van der Waals surface area contributed by atoms with E-state index in [0.717, 1.165) is 50.0 Å². The molecular formula is C22H30ClN3O. The Morgan fingerprint density at radius 1 is 1.30 bits per heavy atom. The summed E-state index contributed by atoms with van der Waals surface area (Å²) in [5, 5.41) is 6.60. The number of piperidine rings is 1. The number of hydrogen-bond acceptors (Lipinski definition) is 2. The molecule has 1 aromatic carbocycles. The maximum atomic E-state index is 12.2. The van der Waals surface area contributed by atoms with E-state index >= 15 is 0 Å². The number of carbonyl (C=O) groups is 1. The number of carbonyl (C=O) groups excluding carboxylic acids is 1. The highest BCUT2D eigenvalue weighted by Crippen LogP contribution is 2.59. The van der Waals surface area contributed by atoms with Crippen molar-refractivity contribution in [2.24, 2.45) is 17.3 Å². The van der Waals surface area contributed by atoms with Gasteiger partial charge in [0.25, 0.3) is 0 Å². The summed E-state index contributed by atoms with van der Waals surface area (Å²) in [6.45, 7) is 8.09. The summed E-state index contributed by atoms with van der Waals surface area (Å²) in [5.74, 6) is 1.69. The second-order valence-electron chi connectivity index (χ2n) is 8.98. The molecule has 27 heavy (non-hydrogen) atoms. The summed E-state index contributed by atoms with van der Waals surface area (Å²) in [6, 6.07) is 7.33. The summed E-state index contributed by atoms with van der Waals surface area (Å²) in [7, 11) is 0. The normalized spacial score (nSPS) is 27.4. The molecule has 2 amide bonds. The molecular weight excluding hydrogens is 358 g/mol. The van der Waals surface area contributed by atoms with E-state index < -0.39 is 0 Å². The zero-order valence-corrected chi connectivity index (χ0v) is 17.1. The van der Waals surface area contributed by atoms with E-state index in [1.807, 2.05) is 12.1 Å². The minimum atomic E-state index is -0.145. The van der Waals surface area contributed by atoms with Gasteiger partial charge in [0.1, 0.15) is 0 Å². The molecule has 4 nitrogen and oxygen atoms in total. The number of anilines is 1. The summed E-state index contributed by atoms with van der Waals surface area (Å²) in [5.41, 5.74) is 2.89. The van der Waals surface area contributed by atoms with E-state index in [-0.39, 0.29) is 12.1 Å². The average molecular weight is 388 g/mol. The fourth-order valence-electron chi connectivity index (χ4n) is 5.07. The van der Waals surface area contributed by atoms with Gasteiger partial charge in [0.15, 0.2) is 0 Å². The minimum Gasteiger partial charge on any atom is -0.335 e. The molecule has 3 aliphatic carbocycles. The molecule has 4 aliphatic rings. The molecule has 0 radical (unpaired) electrons. The smallest absolute Gasteiger partial charge is 0.319 e. The van der Waals surface area contributed by atoms with Crippen molar-refractivity contribution in [3.63, 3.8) is 0 Å². The predicted molar refractivity (Wildman–Crippen MR) is 111 cm³/mol.